The molecule has 2 aromatic rings. The number of non-ortho nitro benzene ring substituents is 1. The van der Waals surface area contributed by atoms with E-state index in [1.54, 1.807) is 36.4 Å². The van der Waals surface area contributed by atoms with Crippen LogP contribution >= 0.6 is 0 Å². The van der Waals surface area contributed by atoms with E-state index in [-0.39, 0.29) is 5.69 Å². The fourth-order valence-electron chi connectivity index (χ4n) is 3.77. The molecule has 0 aliphatic carbocycles. The van der Waals surface area contributed by atoms with Gasteiger partial charge in [0.15, 0.2) is 0 Å². The lowest BCUT2D eigenvalue weighted by atomic mass is 9.99. The maximum Gasteiger partial charge on any atom is 0.269 e. The smallest absolute Gasteiger partial charge is 0.269 e. The zero-order valence-corrected chi connectivity index (χ0v) is 15.9. The van der Waals surface area contributed by atoms with Crippen LogP contribution in [0.5, 0.6) is 5.75 Å². The van der Waals surface area contributed by atoms with Gasteiger partial charge in [-0.3, -0.25) is 10.1 Å². The number of fused-ring (bicyclic) bond motifs is 1. The number of nitrogens with zero attached hydrogens (tertiary/aromatic N) is 2. The fraction of sp³-hybridized carbons (Fsp3) is 0.400. The van der Waals surface area contributed by atoms with Crippen molar-refractivity contribution in [2.45, 2.75) is 37.1 Å². The van der Waals surface area contributed by atoms with E-state index in [0.29, 0.717) is 18.7 Å². The van der Waals surface area contributed by atoms with Crippen LogP contribution in [-0.4, -0.2) is 69.2 Å². The summed E-state index contributed by atoms with van der Waals surface area (Å²) in [4.78, 5) is 12.6. The summed E-state index contributed by atoms with van der Waals surface area (Å²) in [5.74, 6) is 0.367. The maximum absolute atomic E-state index is 11.0. The van der Waals surface area contributed by atoms with Crippen LogP contribution in [0.2, 0.25) is 0 Å². The zero-order chi connectivity index (χ0) is 21.4. The largest absolute Gasteiger partial charge is 0.462 e. The molecular formula is C20H22N2O8. The summed E-state index contributed by atoms with van der Waals surface area (Å²) in [7, 11) is 0. The first-order valence-corrected chi connectivity index (χ1v) is 9.51. The average molecular weight is 418 g/mol. The van der Waals surface area contributed by atoms with Gasteiger partial charge in [0.2, 0.25) is 6.29 Å². The predicted molar refractivity (Wildman–Crippen MR) is 105 cm³/mol. The van der Waals surface area contributed by atoms with E-state index >= 15 is 0 Å². The van der Waals surface area contributed by atoms with Gasteiger partial charge in [-0.15, -0.1) is 0 Å². The molecule has 1 fully saturated rings. The molecule has 30 heavy (non-hydrogen) atoms. The standard InChI is InChI=1S/C20H22N2O8/c23-10-16-17(24)18(25)19(26)20(30-16)29-14-4-1-12(2-5-14)21-8-7-11-9-13(22(27)28)3-6-15(11)21/h1-6,9,16-20,23-26H,7-8,10H2/t16?,17-,18?,19?,20?/m1/s1. The molecular weight excluding hydrogens is 396 g/mol. The van der Waals surface area contributed by atoms with Gasteiger partial charge in [-0.05, 0) is 42.3 Å². The maximum atomic E-state index is 11.0. The normalized spacial score (nSPS) is 28.3. The van der Waals surface area contributed by atoms with E-state index in [4.69, 9.17) is 9.47 Å². The molecule has 0 spiro atoms. The highest BCUT2D eigenvalue weighted by Gasteiger charge is 2.44. The minimum Gasteiger partial charge on any atom is -0.462 e. The molecule has 0 radical (unpaired) electrons. The third-order valence-corrected chi connectivity index (χ3v) is 5.42. The monoisotopic (exact) mass is 418 g/mol. The van der Waals surface area contributed by atoms with E-state index in [0.717, 1.165) is 16.9 Å². The van der Waals surface area contributed by atoms with Crippen molar-refractivity contribution in [3.8, 4) is 5.75 Å². The van der Waals surface area contributed by atoms with Crippen LogP contribution in [0.4, 0.5) is 17.1 Å². The molecule has 2 aromatic carbocycles. The Morgan fingerprint density at radius 3 is 2.50 bits per heavy atom. The van der Waals surface area contributed by atoms with E-state index in [9.17, 15) is 30.5 Å². The van der Waals surface area contributed by atoms with Crippen LogP contribution in [0.25, 0.3) is 0 Å². The first-order valence-electron chi connectivity index (χ1n) is 9.51. The molecule has 10 nitrogen and oxygen atoms in total. The SMILES string of the molecule is O=[N+]([O-])c1ccc2c(c1)CCN2c1ccc(OC2OC(CO)[C@@H](O)C(O)C2O)cc1. The van der Waals surface area contributed by atoms with Crippen LogP contribution in [0.3, 0.4) is 0 Å². The molecule has 2 aliphatic heterocycles. The highest BCUT2D eigenvalue weighted by Crippen LogP contribution is 2.37. The number of ether oxygens (including phenoxy) is 2. The highest BCUT2D eigenvalue weighted by molar-refractivity contribution is 5.71. The Bertz CT molecular complexity index is 920. The number of aliphatic hydroxyl groups excluding tert-OH is 4. The third kappa shape index (κ3) is 3.71. The lowest BCUT2D eigenvalue weighted by Crippen LogP contribution is -2.60. The first-order chi connectivity index (χ1) is 14.4. The lowest BCUT2D eigenvalue weighted by Gasteiger charge is -2.39. The van der Waals surface area contributed by atoms with Crippen molar-refractivity contribution in [1.82, 2.24) is 0 Å². The van der Waals surface area contributed by atoms with Crippen molar-refractivity contribution < 1.29 is 34.8 Å². The van der Waals surface area contributed by atoms with Gasteiger partial charge in [0.25, 0.3) is 5.69 Å². The van der Waals surface area contributed by atoms with Crippen molar-refractivity contribution in [3.63, 3.8) is 0 Å². The minimum atomic E-state index is -1.51. The van der Waals surface area contributed by atoms with E-state index in [1.165, 1.54) is 6.07 Å². The van der Waals surface area contributed by atoms with Crippen molar-refractivity contribution in [1.29, 1.82) is 0 Å². The quantitative estimate of drug-likeness (QED) is 0.402. The molecule has 1 saturated heterocycles. The Morgan fingerprint density at radius 1 is 1.10 bits per heavy atom. The van der Waals surface area contributed by atoms with Gasteiger partial charge in [0.05, 0.1) is 11.5 Å². The molecule has 0 amide bonds. The highest BCUT2D eigenvalue weighted by atomic mass is 16.7. The van der Waals surface area contributed by atoms with Gasteiger partial charge >= 0.3 is 0 Å². The number of hydrogen-bond donors (Lipinski definition) is 4. The number of nitro benzene ring substituents is 1. The Kier molecular flexibility index (Phi) is 5.58. The van der Waals surface area contributed by atoms with Crippen LogP contribution in [0.1, 0.15) is 5.56 Å². The number of aliphatic hydroxyl groups is 4. The van der Waals surface area contributed by atoms with Gasteiger partial charge in [-0.1, -0.05) is 0 Å². The van der Waals surface area contributed by atoms with Crippen LogP contribution < -0.4 is 9.64 Å². The van der Waals surface area contributed by atoms with Crippen LogP contribution in [0.15, 0.2) is 42.5 Å². The molecule has 0 aromatic heterocycles. The van der Waals surface area contributed by atoms with Gasteiger partial charge in [-0.2, -0.15) is 0 Å². The predicted octanol–water partition coefficient (Wildman–Crippen LogP) is 0.468. The molecule has 4 unspecified atom stereocenters. The molecule has 0 bridgehead atoms. The Balaban J connectivity index is 1.48. The second kappa shape index (κ2) is 8.17. The molecule has 160 valence electrons. The number of anilines is 2. The van der Waals surface area contributed by atoms with Crippen molar-refractivity contribution in [3.05, 3.63) is 58.1 Å². The second-order valence-electron chi connectivity index (χ2n) is 7.28. The summed E-state index contributed by atoms with van der Waals surface area (Å²) in [5.41, 5.74) is 2.75. The van der Waals surface area contributed by atoms with E-state index in [2.05, 4.69) is 0 Å². The Morgan fingerprint density at radius 2 is 1.83 bits per heavy atom. The molecule has 2 heterocycles. The van der Waals surface area contributed by atoms with Gasteiger partial charge in [-0.25, -0.2) is 0 Å². The summed E-state index contributed by atoms with van der Waals surface area (Å²) < 4.78 is 10.9. The molecule has 2 aliphatic rings. The van der Waals surface area contributed by atoms with Crippen molar-refractivity contribution in [2.75, 3.05) is 18.1 Å². The van der Waals surface area contributed by atoms with E-state index in [1.807, 2.05) is 4.90 Å². The van der Waals surface area contributed by atoms with Gasteiger partial charge in [0.1, 0.15) is 30.2 Å². The number of rotatable bonds is 5. The summed E-state index contributed by atoms with van der Waals surface area (Å²) in [5, 5.41) is 50.0. The average Bonchev–Trinajstić information content (AvgIpc) is 3.18. The molecule has 4 rings (SSSR count). The second-order valence-corrected chi connectivity index (χ2v) is 7.28. The van der Waals surface area contributed by atoms with Gasteiger partial charge < -0.3 is 34.8 Å². The number of benzene rings is 2. The topological polar surface area (TPSA) is 146 Å². The van der Waals surface area contributed by atoms with E-state index < -0.39 is 42.2 Å². The summed E-state index contributed by atoms with van der Waals surface area (Å²) >= 11 is 0. The number of hydrogen-bond acceptors (Lipinski definition) is 9. The molecule has 10 heteroatoms. The Hall–Kier alpha value is -2.76. The Labute approximate surface area is 171 Å². The molecule has 0 saturated carbocycles. The third-order valence-electron chi connectivity index (χ3n) is 5.42. The molecule has 5 atom stereocenters. The number of nitro groups is 1. The zero-order valence-electron chi connectivity index (χ0n) is 15.9. The summed E-state index contributed by atoms with van der Waals surface area (Å²) in [6, 6.07) is 11.7. The van der Waals surface area contributed by atoms with Crippen molar-refractivity contribution in [2.24, 2.45) is 0 Å². The van der Waals surface area contributed by atoms with Crippen LogP contribution in [-0.2, 0) is 11.2 Å². The minimum absolute atomic E-state index is 0.0684. The fourth-order valence-corrected chi connectivity index (χ4v) is 3.77. The summed E-state index contributed by atoms with van der Waals surface area (Å²) in [6.45, 7) is 0.152. The van der Waals surface area contributed by atoms with Crippen molar-refractivity contribution >= 4 is 17.1 Å². The van der Waals surface area contributed by atoms with Crippen LogP contribution in [0, 0.1) is 10.1 Å². The summed E-state index contributed by atoms with van der Waals surface area (Å²) in [6.07, 6.45) is -6.04. The van der Waals surface area contributed by atoms with Gasteiger partial charge in [0, 0.05) is 30.1 Å². The first kappa shape index (κ1) is 20.5. The lowest BCUT2D eigenvalue weighted by molar-refractivity contribution is -0.384. The molecule has 4 N–H and O–H groups in total.